The molecule has 3 nitrogen and oxygen atoms in total. The average Bonchev–Trinajstić information content (AvgIpc) is 3.00. The van der Waals surface area contributed by atoms with Crippen molar-refractivity contribution in [2.45, 2.75) is 24.8 Å². The van der Waals surface area contributed by atoms with Crippen molar-refractivity contribution >= 4 is 11.6 Å². The molecule has 3 aromatic rings. The third-order valence-electron chi connectivity index (χ3n) is 5.55. The summed E-state index contributed by atoms with van der Waals surface area (Å²) in [5.41, 5.74) is 2.90. The van der Waals surface area contributed by atoms with Crippen LogP contribution in [0.2, 0.25) is 0 Å². The van der Waals surface area contributed by atoms with E-state index in [-0.39, 0.29) is 17.4 Å². The van der Waals surface area contributed by atoms with Crippen molar-refractivity contribution in [1.82, 2.24) is 0 Å². The lowest BCUT2D eigenvalue weighted by atomic mass is 9.73. The summed E-state index contributed by atoms with van der Waals surface area (Å²) in [7, 11) is 1.67. The van der Waals surface area contributed by atoms with Gasteiger partial charge in [-0.1, -0.05) is 67.6 Å². The van der Waals surface area contributed by atoms with Gasteiger partial charge in [-0.15, -0.1) is 0 Å². The number of benzene rings is 3. The molecule has 0 aliphatic carbocycles. The molecule has 2 unspecified atom stereocenters. The van der Waals surface area contributed by atoms with Crippen LogP contribution in [0.4, 0.5) is 5.69 Å². The van der Waals surface area contributed by atoms with Crippen LogP contribution >= 0.6 is 0 Å². The highest BCUT2D eigenvalue weighted by Crippen LogP contribution is 2.51. The molecule has 2 atom stereocenters. The van der Waals surface area contributed by atoms with Crippen LogP contribution in [-0.2, 0) is 10.2 Å². The van der Waals surface area contributed by atoms with E-state index in [1.807, 2.05) is 65.6 Å². The molecule has 1 fully saturated rings. The summed E-state index contributed by atoms with van der Waals surface area (Å²) in [4.78, 5) is 15.1. The molecule has 0 aromatic heterocycles. The molecule has 1 aliphatic rings. The molecule has 0 radical (unpaired) electrons. The van der Waals surface area contributed by atoms with E-state index in [2.05, 4.69) is 31.2 Å². The molecule has 0 spiro atoms. The molecular formula is C24H23NO2. The van der Waals surface area contributed by atoms with Crippen molar-refractivity contribution in [2.24, 2.45) is 0 Å². The van der Waals surface area contributed by atoms with E-state index in [1.165, 1.54) is 5.56 Å². The van der Waals surface area contributed by atoms with Gasteiger partial charge < -0.3 is 9.64 Å². The minimum atomic E-state index is -0.317. The van der Waals surface area contributed by atoms with Crippen LogP contribution in [0.1, 0.15) is 30.5 Å². The predicted molar refractivity (Wildman–Crippen MR) is 108 cm³/mol. The number of carbonyl (C=O) groups excluding carboxylic acids is 1. The molecule has 27 heavy (non-hydrogen) atoms. The number of rotatable bonds is 4. The Kier molecular flexibility index (Phi) is 4.44. The van der Waals surface area contributed by atoms with Gasteiger partial charge in [-0.2, -0.15) is 0 Å². The Bertz CT molecular complexity index is 922. The number of hydrogen-bond donors (Lipinski definition) is 0. The smallest absolute Gasteiger partial charge is 0.228 e. The van der Waals surface area contributed by atoms with Crippen LogP contribution < -0.4 is 9.64 Å². The SMILES string of the molecule is COc1ccc(C2N(c3ccccc3)C(=O)CC2(C)c2ccccc2)cc1. The highest BCUT2D eigenvalue weighted by atomic mass is 16.5. The Morgan fingerprint density at radius 3 is 2.07 bits per heavy atom. The standard InChI is InChI=1S/C24H23NO2/c1-24(19-9-5-3-6-10-19)17-22(26)25(20-11-7-4-8-12-20)23(24)18-13-15-21(27-2)16-14-18/h3-16,23H,17H2,1-2H3. The number of anilines is 1. The van der Waals surface area contributed by atoms with Crippen LogP contribution in [0.25, 0.3) is 0 Å². The summed E-state index contributed by atoms with van der Waals surface area (Å²) in [6, 6.07) is 28.3. The van der Waals surface area contributed by atoms with Gasteiger partial charge in [0.1, 0.15) is 5.75 Å². The quantitative estimate of drug-likeness (QED) is 0.648. The first kappa shape index (κ1) is 17.3. The number of hydrogen-bond acceptors (Lipinski definition) is 2. The average molecular weight is 357 g/mol. The van der Waals surface area contributed by atoms with Crippen LogP contribution in [-0.4, -0.2) is 13.0 Å². The van der Waals surface area contributed by atoms with Crippen LogP contribution in [0.15, 0.2) is 84.9 Å². The molecule has 3 aromatic carbocycles. The Morgan fingerprint density at radius 2 is 1.48 bits per heavy atom. The van der Waals surface area contributed by atoms with Gasteiger partial charge in [0.15, 0.2) is 0 Å². The fourth-order valence-electron chi connectivity index (χ4n) is 4.19. The summed E-state index contributed by atoms with van der Waals surface area (Å²) >= 11 is 0. The van der Waals surface area contributed by atoms with Crippen LogP contribution in [0.3, 0.4) is 0 Å². The van der Waals surface area contributed by atoms with Crippen LogP contribution in [0.5, 0.6) is 5.75 Å². The lowest BCUT2D eigenvalue weighted by Gasteiger charge is -2.36. The summed E-state index contributed by atoms with van der Waals surface area (Å²) in [5.74, 6) is 0.962. The first-order chi connectivity index (χ1) is 13.1. The number of ether oxygens (including phenoxy) is 1. The maximum atomic E-state index is 13.2. The van der Waals surface area contributed by atoms with Crippen LogP contribution in [0, 0.1) is 0 Å². The van der Waals surface area contributed by atoms with Crippen molar-refractivity contribution < 1.29 is 9.53 Å². The summed E-state index contributed by atoms with van der Waals surface area (Å²) in [5, 5.41) is 0. The molecule has 0 bridgehead atoms. The predicted octanol–water partition coefficient (Wildman–Crippen LogP) is 5.13. The Morgan fingerprint density at radius 1 is 0.889 bits per heavy atom. The van der Waals surface area contributed by atoms with Crippen molar-refractivity contribution in [3.05, 3.63) is 96.1 Å². The topological polar surface area (TPSA) is 29.5 Å². The molecule has 0 N–H and O–H groups in total. The van der Waals surface area contributed by atoms with Gasteiger partial charge in [-0.3, -0.25) is 4.79 Å². The number of nitrogens with zero attached hydrogens (tertiary/aromatic N) is 1. The molecule has 0 saturated carbocycles. The van der Waals surface area contributed by atoms with Gasteiger partial charge in [0, 0.05) is 17.5 Å². The van der Waals surface area contributed by atoms with E-state index in [9.17, 15) is 4.79 Å². The molecule has 3 heteroatoms. The van der Waals surface area contributed by atoms with Gasteiger partial charge in [0.25, 0.3) is 0 Å². The van der Waals surface area contributed by atoms with E-state index in [0.29, 0.717) is 6.42 Å². The maximum Gasteiger partial charge on any atom is 0.228 e. The van der Waals surface area contributed by atoms with E-state index in [0.717, 1.165) is 17.0 Å². The van der Waals surface area contributed by atoms with Crippen molar-refractivity contribution in [3.63, 3.8) is 0 Å². The third-order valence-corrected chi connectivity index (χ3v) is 5.55. The Balaban J connectivity index is 1.87. The highest BCUT2D eigenvalue weighted by Gasteiger charge is 2.50. The maximum absolute atomic E-state index is 13.2. The molecule has 1 aliphatic heterocycles. The number of para-hydroxylation sites is 1. The lowest BCUT2D eigenvalue weighted by Crippen LogP contribution is -2.34. The summed E-state index contributed by atoms with van der Waals surface area (Å²) in [6.07, 6.45) is 0.475. The molecule has 4 rings (SSSR count). The van der Waals surface area contributed by atoms with E-state index < -0.39 is 0 Å². The van der Waals surface area contributed by atoms with E-state index in [4.69, 9.17) is 4.74 Å². The Labute approximate surface area is 160 Å². The normalized spacial score (nSPS) is 22.1. The van der Waals surface area contributed by atoms with Gasteiger partial charge in [0.05, 0.1) is 13.2 Å². The highest BCUT2D eigenvalue weighted by molar-refractivity contribution is 5.98. The van der Waals surface area contributed by atoms with E-state index in [1.54, 1.807) is 7.11 Å². The van der Waals surface area contributed by atoms with Gasteiger partial charge in [-0.05, 0) is 35.4 Å². The van der Waals surface area contributed by atoms with Gasteiger partial charge in [0.2, 0.25) is 5.91 Å². The zero-order chi connectivity index (χ0) is 18.9. The minimum absolute atomic E-state index is 0.0827. The second-order valence-corrected chi connectivity index (χ2v) is 7.24. The summed E-state index contributed by atoms with van der Waals surface area (Å²) in [6.45, 7) is 2.19. The van der Waals surface area contributed by atoms with Gasteiger partial charge in [-0.25, -0.2) is 0 Å². The number of methoxy groups -OCH3 is 1. The minimum Gasteiger partial charge on any atom is -0.497 e. The molecule has 136 valence electrons. The zero-order valence-corrected chi connectivity index (χ0v) is 15.6. The molecular weight excluding hydrogens is 334 g/mol. The third kappa shape index (κ3) is 2.99. The second-order valence-electron chi connectivity index (χ2n) is 7.24. The fourth-order valence-corrected chi connectivity index (χ4v) is 4.19. The number of amides is 1. The Hall–Kier alpha value is -3.07. The largest absolute Gasteiger partial charge is 0.497 e. The van der Waals surface area contributed by atoms with Crippen molar-refractivity contribution in [2.75, 3.05) is 12.0 Å². The van der Waals surface area contributed by atoms with E-state index >= 15 is 0 Å². The first-order valence-electron chi connectivity index (χ1n) is 9.20. The first-order valence-corrected chi connectivity index (χ1v) is 9.20. The van der Waals surface area contributed by atoms with Gasteiger partial charge >= 0.3 is 0 Å². The number of carbonyl (C=O) groups is 1. The van der Waals surface area contributed by atoms with Crippen molar-refractivity contribution in [1.29, 1.82) is 0 Å². The lowest BCUT2D eigenvalue weighted by molar-refractivity contribution is -0.117. The molecule has 1 heterocycles. The van der Waals surface area contributed by atoms with Crippen molar-refractivity contribution in [3.8, 4) is 5.75 Å². The fraction of sp³-hybridized carbons (Fsp3) is 0.208. The zero-order valence-electron chi connectivity index (χ0n) is 15.6. The summed E-state index contributed by atoms with van der Waals surface area (Å²) < 4.78 is 5.32. The second kappa shape index (κ2) is 6.92. The monoisotopic (exact) mass is 357 g/mol. The molecule has 1 amide bonds. The molecule has 1 saturated heterocycles.